The van der Waals surface area contributed by atoms with E-state index in [1.165, 1.54) is 0 Å². The third kappa shape index (κ3) is 3.69. The maximum atomic E-state index is 10.7. The minimum absolute atomic E-state index is 0. The molecule has 0 aromatic rings. The van der Waals surface area contributed by atoms with E-state index in [0.29, 0.717) is 19.0 Å². The minimum atomic E-state index is 0. The first-order valence-corrected chi connectivity index (χ1v) is 3.32. The van der Waals surface area contributed by atoms with Crippen molar-refractivity contribution in [1.82, 2.24) is 5.32 Å². The Morgan fingerprint density at radius 1 is 1.60 bits per heavy atom. The van der Waals surface area contributed by atoms with Gasteiger partial charge in [0.2, 0.25) is 5.91 Å². The summed E-state index contributed by atoms with van der Waals surface area (Å²) < 4.78 is 0. The molecule has 1 fully saturated rings. The van der Waals surface area contributed by atoms with Crippen molar-refractivity contribution in [2.45, 2.75) is 25.3 Å². The van der Waals surface area contributed by atoms with Gasteiger partial charge in [0.1, 0.15) is 0 Å². The Morgan fingerprint density at radius 3 is 2.60 bits per heavy atom. The number of hydrogen-bond donors (Lipinski definition) is 2. The van der Waals surface area contributed by atoms with Gasteiger partial charge in [0.25, 0.3) is 0 Å². The van der Waals surface area contributed by atoms with Gasteiger partial charge in [-0.15, -0.1) is 12.4 Å². The van der Waals surface area contributed by atoms with E-state index >= 15 is 0 Å². The van der Waals surface area contributed by atoms with Crippen molar-refractivity contribution in [2.75, 3.05) is 6.54 Å². The molecule has 1 amide bonds. The molecule has 0 aliphatic heterocycles. The number of amides is 1. The van der Waals surface area contributed by atoms with Gasteiger partial charge in [0.05, 0.1) is 0 Å². The lowest BCUT2D eigenvalue weighted by Gasteiger charge is -1.98. The number of nitrogens with one attached hydrogen (secondary N) is 1. The van der Waals surface area contributed by atoms with Crippen LogP contribution in [0.3, 0.4) is 0 Å². The summed E-state index contributed by atoms with van der Waals surface area (Å²) >= 11 is 0. The van der Waals surface area contributed by atoms with Crippen LogP contribution in [0.5, 0.6) is 0 Å². The van der Waals surface area contributed by atoms with Crippen molar-refractivity contribution in [3.8, 4) is 0 Å². The van der Waals surface area contributed by atoms with Crippen LogP contribution in [0.1, 0.15) is 19.3 Å². The van der Waals surface area contributed by atoms with E-state index in [0.717, 1.165) is 12.8 Å². The first kappa shape index (κ1) is 9.72. The summed E-state index contributed by atoms with van der Waals surface area (Å²) in [6, 6.07) is 0.476. The summed E-state index contributed by atoms with van der Waals surface area (Å²) in [5, 5.41) is 2.84. The molecule has 1 rings (SSSR count). The summed E-state index contributed by atoms with van der Waals surface area (Å²) in [6.07, 6.45) is 2.77. The van der Waals surface area contributed by atoms with Crippen molar-refractivity contribution >= 4 is 18.3 Å². The monoisotopic (exact) mass is 164 g/mol. The Bertz CT molecular complexity index is 114. The molecule has 0 aromatic carbocycles. The van der Waals surface area contributed by atoms with Gasteiger partial charge in [-0.05, 0) is 12.8 Å². The Kier molecular flexibility index (Phi) is 4.40. The van der Waals surface area contributed by atoms with Crippen LogP contribution in [0.25, 0.3) is 0 Å². The predicted octanol–water partition coefficient (Wildman–Crippen LogP) is 0.0356. The fraction of sp³-hybridized carbons (Fsp3) is 0.833. The summed E-state index contributed by atoms with van der Waals surface area (Å²) in [5.74, 6) is 0.0972. The molecule has 0 bridgehead atoms. The topological polar surface area (TPSA) is 55.1 Å². The van der Waals surface area contributed by atoms with Crippen molar-refractivity contribution in [2.24, 2.45) is 5.73 Å². The summed E-state index contributed by atoms with van der Waals surface area (Å²) in [5.41, 5.74) is 5.16. The molecular formula is C6H13ClN2O. The van der Waals surface area contributed by atoms with Crippen molar-refractivity contribution < 1.29 is 4.79 Å². The zero-order valence-corrected chi connectivity index (χ0v) is 6.62. The molecule has 1 saturated carbocycles. The van der Waals surface area contributed by atoms with Crippen LogP contribution in [0.15, 0.2) is 0 Å². The number of halogens is 1. The van der Waals surface area contributed by atoms with Gasteiger partial charge in [-0.1, -0.05) is 0 Å². The van der Waals surface area contributed by atoms with E-state index in [2.05, 4.69) is 5.32 Å². The second-order valence-corrected chi connectivity index (χ2v) is 2.38. The largest absolute Gasteiger partial charge is 0.353 e. The lowest BCUT2D eigenvalue weighted by molar-refractivity contribution is -0.121. The maximum Gasteiger partial charge on any atom is 0.221 e. The van der Waals surface area contributed by atoms with Crippen LogP contribution in [0.4, 0.5) is 0 Å². The normalized spacial score (nSPS) is 15.7. The molecule has 10 heavy (non-hydrogen) atoms. The Balaban J connectivity index is 0.000000810. The lowest BCUT2D eigenvalue weighted by Crippen LogP contribution is -2.27. The van der Waals surface area contributed by atoms with Crippen molar-refractivity contribution in [1.29, 1.82) is 0 Å². The molecular weight excluding hydrogens is 152 g/mol. The molecule has 0 aromatic heterocycles. The van der Waals surface area contributed by atoms with E-state index in [1.807, 2.05) is 0 Å². The molecule has 0 spiro atoms. The van der Waals surface area contributed by atoms with Gasteiger partial charge in [-0.2, -0.15) is 0 Å². The summed E-state index contributed by atoms with van der Waals surface area (Å²) in [6.45, 7) is 0.457. The zero-order chi connectivity index (χ0) is 6.69. The Hall–Kier alpha value is -0.280. The van der Waals surface area contributed by atoms with Gasteiger partial charge in [-0.25, -0.2) is 0 Å². The number of carbonyl (C=O) groups is 1. The third-order valence-corrected chi connectivity index (χ3v) is 1.31. The van der Waals surface area contributed by atoms with Gasteiger partial charge in [-0.3, -0.25) is 4.79 Å². The molecule has 4 heteroatoms. The molecule has 0 atom stereocenters. The molecule has 0 heterocycles. The van der Waals surface area contributed by atoms with Crippen LogP contribution < -0.4 is 11.1 Å². The van der Waals surface area contributed by atoms with E-state index in [9.17, 15) is 4.79 Å². The fourth-order valence-electron chi connectivity index (χ4n) is 0.659. The van der Waals surface area contributed by atoms with E-state index < -0.39 is 0 Å². The standard InChI is InChI=1S/C6H12N2O.ClH/c7-4-3-6(9)8-5-1-2-5;/h5H,1-4,7H2,(H,8,9);1H. The zero-order valence-electron chi connectivity index (χ0n) is 5.80. The summed E-state index contributed by atoms with van der Waals surface area (Å²) in [7, 11) is 0. The van der Waals surface area contributed by atoms with E-state index in [4.69, 9.17) is 5.73 Å². The molecule has 0 radical (unpaired) electrons. The highest BCUT2D eigenvalue weighted by atomic mass is 35.5. The lowest BCUT2D eigenvalue weighted by atomic mass is 10.4. The average Bonchev–Trinajstić information content (AvgIpc) is 2.50. The van der Waals surface area contributed by atoms with Crippen LogP contribution in [0, 0.1) is 0 Å². The highest BCUT2D eigenvalue weighted by molar-refractivity contribution is 5.85. The van der Waals surface area contributed by atoms with Crippen molar-refractivity contribution in [3.63, 3.8) is 0 Å². The highest BCUT2D eigenvalue weighted by Crippen LogP contribution is 2.18. The van der Waals surface area contributed by atoms with Crippen LogP contribution in [-0.2, 0) is 4.79 Å². The molecule has 0 unspecified atom stereocenters. The Labute approximate surface area is 66.8 Å². The van der Waals surface area contributed by atoms with Gasteiger partial charge >= 0.3 is 0 Å². The predicted molar refractivity (Wildman–Crippen MR) is 42.1 cm³/mol. The number of hydrogen-bond acceptors (Lipinski definition) is 2. The number of nitrogens with two attached hydrogens (primary N) is 1. The SMILES string of the molecule is Cl.NCCC(=O)NC1CC1. The van der Waals surface area contributed by atoms with E-state index in [-0.39, 0.29) is 18.3 Å². The quantitative estimate of drug-likeness (QED) is 0.619. The number of carbonyl (C=O) groups excluding carboxylic acids is 1. The van der Waals surface area contributed by atoms with Crippen LogP contribution >= 0.6 is 12.4 Å². The molecule has 60 valence electrons. The first-order valence-electron chi connectivity index (χ1n) is 3.32. The first-order chi connectivity index (χ1) is 4.33. The minimum Gasteiger partial charge on any atom is -0.353 e. The smallest absolute Gasteiger partial charge is 0.221 e. The summed E-state index contributed by atoms with van der Waals surface area (Å²) in [4.78, 5) is 10.7. The van der Waals surface area contributed by atoms with Gasteiger partial charge in [0, 0.05) is 19.0 Å². The van der Waals surface area contributed by atoms with Crippen LogP contribution in [-0.4, -0.2) is 18.5 Å². The molecule has 3 nitrogen and oxygen atoms in total. The highest BCUT2D eigenvalue weighted by Gasteiger charge is 2.22. The van der Waals surface area contributed by atoms with Crippen molar-refractivity contribution in [3.05, 3.63) is 0 Å². The Morgan fingerprint density at radius 2 is 2.20 bits per heavy atom. The number of rotatable bonds is 3. The molecule has 0 saturated heterocycles. The second kappa shape index (κ2) is 4.52. The fourth-order valence-corrected chi connectivity index (χ4v) is 0.659. The molecule has 1 aliphatic rings. The molecule has 3 N–H and O–H groups in total. The maximum absolute atomic E-state index is 10.7. The average molecular weight is 165 g/mol. The van der Waals surface area contributed by atoms with E-state index in [1.54, 1.807) is 0 Å². The van der Waals surface area contributed by atoms with Gasteiger partial charge < -0.3 is 11.1 Å². The third-order valence-electron chi connectivity index (χ3n) is 1.31. The second-order valence-electron chi connectivity index (χ2n) is 2.38. The molecule has 1 aliphatic carbocycles. The van der Waals surface area contributed by atoms with Gasteiger partial charge in [0.15, 0.2) is 0 Å². The van der Waals surface area contributed by atoms with Crippen LogP contribution in [0.2, 0.25) is 0 Å².